The molecule has 0 unspecified atom stereocenters. The molecular formula is C25H23Cl2N3O5. The highest BCUT2D eigenvalue weighted by Gasteiger charge is 2.16. The van der Waals surface area contributed by atoms with E-state index in [1.165, 1.54) is 14.2 Å². The summed E-state index contributed by atoms with van der Waals surface area (Å²) >= 11 is 12.3. The quantitative estimate of drug-likeness (QED) is 0.248. The number of rotatable bonds is 8. The van der Waals surface area contributed by atoms with Gasteiger partial charge < -0.3 is 19.5 Å². The number of hydrogen-bond acceptors (Lipinski definition) is 6. The number of anilines is 1. The first-order valence-corrected chi connectivity index (χ1v) is 11.1. The summed E-state index contributed by atoms with van der Waals surface area (Å²) in [7, 11) is 2.94. The molecule has 0 atom stereocenters. The molecule has 182 valence electrons. The van der Waals surface area contributed by atoms with Gasteiger partial charge >= 0.3 is 11.8 Å². The minimum atomic E-state index is -0.939. The number of hydrazone groups is 1. The molecule has 0 bridgehead atoms. The summed E-state index contributed by atoms with van der Waals surface area (Å²) in [6, 6.07) is 17.1. The zero-order valence-corrected chi connectivity index (χ0v) is 20.7. The monoisotopic (exact) mass is 515 g/mol. The maximum absolute atomic E-state index is 12.3. The molecule has 3 aromatic rings. The normalized spacial score (nSPS) is 10.9. The summed E-state index contributed by atoms with van der Waals surface area (Å²) in [4.78, 5) is 24.5. The highest BCUT2D eigenvalue weighted by Crippen LogP contribution is 2.29. The number of nitrogens with zero attached hydrogens (tertiary/aromatic N) is 1. The molecule has 0 fully saturated rings. The van der Waals surface area contributed by atoms with Gasteiger partial charge in [0, 0.05) is 21.7 Å². The Labute approximate surface area is 212 Å². The number of hydrogen-bond donors (Lipinski definition) is 2. The van der Waals surface area contributed by atoms with Crippen molar-refractivity contribution in [1.82, 2.24) is 5.43 Å². The summed E-state index contributed by atoms with van der Waals surface area (Å²) in [5, 5.41) is 7.54. The number of nitrogens with one attached hydrogen (secondary N) is 2. The number of benzene rings is 3. The van der Waals surface area contributed by atoms with Crippen LogP contribution in [0.2, 0.25) is 10.0 Å². The maximum Gasteiger partial charge on any atom is 0.329 e. The number of amides is 2. The Morgan fingerprint density at radius 3 is 2.17 bits per heavy atom. The second kappa shape index (κ2) is 12.1. The van der Waals surface area contributed by atoms with E-state index in [1.807, 2.05) is 0 Å². The molecule has 8 nitrogen and oxygen atoms in total. The first-order valence-electron chi connectivity index (χ1n) is 10.4. The van der Waals surface area contributed by atoms with Crippen LogP contribution < -0.4 is 25.0 Å². The molecule has 0 spiro atoms. The Kier molecular flexibility index (Phi) is 8.94. The lowest BCUT2D eigenvalue weighted by atomic mass is 10.1. The largest absolute Gasteiger partial charge is 0.497 e. The van der Waals surface area contributed by atoms with Gasteiger partial charge in [0.15, 0.2) is 0 Å². The molecule has 10 heteroatoms. The molecule has 0 heterocycles. The van der Waals surface area contributed by atoms with E-state index in [9.17, 15) is 9.59 Å². The third-order valence-electron chi connectivity index (χ3n) is 4.90. The van der Waals surface area contributed by atoms with Crippen LogP contribution in [0.4, 0.5) is 5.69 Å². The van der Waals surface area contributed by atoms with Gasteiger partial charge in [-0.25, -0.2) is 5.43 Å². The van der Waals surface area contributed by atoms with Crippen molar-refractivity contribution in [3.05, 3.63) is 81.8 Å². The third-order valence-corrected chi connectivity index (χ3v) is 5.61. The molecule has 0 aliphatic heterocycles. The zero-order valence-electron chi connectivity index (χ0n) is 19.2. The van der Waals surface area contributed by atoms with Crippen LogP contribution in [0.25, 0.3) is 0 Å². The van der Waals surface area contributed by atoms with Gasteiger partial charge in [0.05, 0.1) is 25.6 Å². The molecular weight excluding hydrogens is 493 g/mol. The van der Waals surface area contributed by atoms with E-state index in [0.717, 1.165) is 5.56 Å². The summed E-state index contributed by atoms with van der Waals surface area (Å²) in [6.45, 7) is 1.91. The van der Waals surface area contributed by atoms with Gasteiger partial charge in [0.25, 0.3) is 0 Å². The number of methoxy groups -OCH3 is 2. The number of carbonyl (C=O) groups excluding carboxylic acids is 2. The fraction of sp³-hybridized carbons (Fsp3) is 0.160. The van der Waals surface area contributed by atoms with Crippen molar-refractivity contribution in [2.75, 3.05) is 19.5 Å². The molecule has 0 saturated heterocycles. The smallest absolute Gasteiger partial charge is 0.329 e. The van der Waals surface area contributed by atoms with Crippen molar-refractivity contribution in [1.29, 1.82) is 0 Å². The predicted octanol–water partition coefficient (Wildman–Crippen LogP) is 5.07. The summed E-state index contributed by atoms with van der Waals surface area (Å²) in [5.74, 6) is -0.363. The van der Waals surface area contributed by atoms with Gasteiger partial charge in [0.2, 0.25) is 0 Å². The van der Waals surface area contributed by atoms with Crippen molar-refractivity contribution < 1.29 is 23.8 Å². The predicted molar refractivity (Wildman–Crippen MR) is 136 cm³/mol. The fourth-order valence-electron chi connectivity index (χ4n) is 2.96. The van der Waals surface area contributed by atoms with E-state index in [1.54, 1.807) is 67.6 Å². The first-order chi connectivity index (χ1) is 16.8. The lowest BCUT2D eigenvalue weighted by molar-refractivity contribution is -0.136. The van der Waals surface area contributed by atoms with Crippen molar-refractivity contribution >= 4 is 46.4 Å². The van der Waals surface area contributed by atoms with E-state index in [4.69, 9.17) is 37.4 Å². The van der Waals surface area contributed by atoms with Crippen LogP contribution in [-0.2, 0) is 16.2 Å². The molecule has 0 aliphatic rings. The number of carbonyl (C=O) groups is 2. The van der Waals surface area contributed by atoms with Crippen LogP contribution >= 0.6 is 23.2 Å². The molecule has 0 radical (unpaired) electrons. The van der Waals surface area contributed by atoms with E-state index < -0.39 is 11.8 Å². The topological polar surface area (TPSA) is 98.2 Å². The molecule has 3 rings (SSSR count). The molecule has 0 aromatic heterocycles. The van der Waals surface area contributed by atoms with Crippen molar-refractivity contribution in [2.24, 2.45) is 5.10 Å². The zero-order chi connectivity index (χ0) is 25.4. The van der Waals surface area contributed by atoms with Crippen LogP contribution in [0.3, 0.4) is 0 Å². The first kappa shape index (κ1) is 25.9. The minimum Gasteiger partial charge on any atom is -0.497 e. The highest BCUT2D eigenvalue weighted by atomic mass is 35.5. The van der Waals surface area contributed by atoms with Gasteiger partial charge in [0.1, 0.15) is 23.9 Å². The van der Waals surface area contributed by atoms with Crippen LogP contribution in [0.5, 0.6) is 17.2 Å². The van der Waals surface area contributed by atoms with Gasteiger partial charge in [-0.05, 0) is 61.0 Å². The molecule has 2 N–H and O–H groups in total. The summed E-state index contributed by atoms with van der Waals surface area (Å²) in [5.41, 5.74) is 4.45. The van der Waals surface area contributed by atoms with Crippen LogP contribution in [-0.4, -0.2) is 31.7 Å². The van der Waals surface area contributed by atoms with Gasteiger partial charge in [-0.3, -0.25) is 9.59 Å². The van der Waals surface area contributed by atoms with Gasteiger partial charge in [-0.1, -0.05) is 29.3 Å². The Morgan fingerprint density at radius 2 is 1.54 bits per heavy atom. The maximum atomic E-state index is 12.3. The van der Waals surface area contributed by atoms with E-state index >= 15 is 0 Å². The van der Waals surface area contributed by atoms with Crippen LogP contribution in [0.15, 0.2) is 65.8 Å². The minimum absolute atomic E-state index is 0.216. The van der Waals surface area contributed by atoms with Crippen LogP contribution in [0.1, 0.15) is 18.1 Å². The van der Waals surface area contributed by atoms with Crippen molar-refractivity contribution in [3.63, 3.8) is 0 Å². The van der Waals surface area contributed by atoms with Gasteiger partial charge in [-0.15, -0.1) is 0 Å². The summed E-state index contributed by atoms with van der Waals surface area (Å²) < 4.78 is 16.1. The molecule has 0 aliphatic carbocycles. The van der Waals surface area contributed by atoms with Crippen molar-refractivity contribution in [2.45, 2.75) is 13.5 Å². The summed E-state index contributed by atoms with van der Waals surface area (Å²) in [6.07, 6.45) is 0. The standard InChI is InChI=1S/C25H23Cl2N3O5/c1-15(16-7-9-17(10-8-16)35-14-19-20(26)5-4-6-21(19)27)29-30-25(32)24(31)28-22-13-18(33-2)11-12-23(22)34-3/h4-13H,14H2,1-3H3,(H,28,31)(H,30,32)/b29-15+. The third kappa shape index (κ3) is 6.88. The molecule has 2 amide bonds. The Morgan fingerprint density at radius 1 is 0.886 bits per heavy atom. The van der Waals surface area contributed by atoms with Gasteiger partial charge in [-0.2, -0.15) is 5.10 Å². The number of halogens is 2. The second-order valence-electron chi connectivity index (χ2n) is 7.17. The van der Waals surface area contributed by atoms with E-state index in [-0.39, 0.29) is 6.61 Å². The van der Waals surface area contributed by atoms with Crippen molar-refractivity contribution in [3.8, 4) is 17.2 Å². The number of ether oxygens (including phenoxy) is 3. The van der Waals surface area contributed by atoms with E-state index in [0.29, 0.717) is 44.3 Å². The SMILES string of the molecule is COc1ccc(OC)c(NC(=O)C(=O)N/N=C(\C)c2ccc(OCc3c(Cl)cccc3Cl)cc2)c1. The lowest BCUT2D eigenvalue weighted by Crippen LogP contribution is -2.33. The Balaban J connectivity index is 1.58. The average molecular weight is 516 g/mol. The van der Waals surface area contributed by atoms with Crippen LogP contribution in [0, 0.1) is 0 Å². The Bertz CT molecular complexity index is 1230. The lowest BCUT2D eigenvalue weighted by Gasteiger charge is -2.11. The highest BCUT2D eigenvalue weighted by molar-refractivity contribution is 6.40. The molecule has 0 saturated carbocycles. The molecule has 35 heavy (non-hydrogen) atoms. The second-order valence-corrected chi connectivity index (χ2v) is 7.99. The molecule has 3 aromatic carbocycles. The fourth-order valence-corrected chi connectivity index (χ4v) is 3.47. The average Bonchev–Trinajstić information content (AvgIpc) is 2.87. The Hall–Kier alpha value is -3.75. The van der Waals surface area contributed by atoms with E-state index in [2.05, 4.69) is 15.8 Å².